The average Bonchev–Trinajstić information content (AvgIpc) is 2.13. The van der Waals surface area contributed by atoms with Crippen LogP contribution in [0.2, 0.25) is 0 Å². The number of nitrogens with two attached hydrogens (primary N) is 1. The highest BCUT2D eigenvalue weighted by Crippen LogP contribution is 2.21. The summed E-state index contributed by atoms with van der Waals surface area (Å²) in [6, 6.07) is 5.13. The van der Waals surface area contributed by atoms with Crippen molar-refractivity contribution in [3.05, 3.63) is 34.1 Å². The van der Waals surface area contributed by atoms with Gasteiger partial charge in [0.05, 0.1) is 4.47 Å². The van der Waals surface area contributed by atoms with Gasteiger partial charge in [0, 0.05) is 11.8 Å². The lowest BCUT2D eigenvalue weighted by Gasteiger charge is -2.11. The highest BCUT2D eigenvalue weighted by Gasteiger charge is 2.08. The minimum Gasteiger partial charge on any atom is -0.327 e. The summed E-state index contributed by atoms with van der Waals surface area (Å²) in [5.41, 5.74) is 6.81. The lowest BCUT2D eigenvalue weighted by molar-refractivity contribution is 0.615. The molecule has 4 heteroatoms. The molecule has 1 aromatic carbocycles. The summed E-state index contributed by atoms with van der Waals surface area (Å²) in [4.78, 5) is 0. The first-order valence-electron chi connectivity index (χ1n) is 4.32. The third-order valence-electron chi connectivity index (χ3n) is 1.89. The van der Waals surface area contributed by atoms with Gasteiger partial charge in [0.25, 0.3) is 0 Å². The van der Waals surface area contributed by atoms with Gasteiger partial charge in [-0.1, -0.05) is 12.1 Å². The summed E-state index contributed by atoms with van der Waals surface area (Å²) in [5, 5.41) is 0. The molecule has 0 saturated heterocycles. The number of hydrogen-bond acceptors (Lipinski definition) is 2. The molecule has 0 aliphatic carbocycles. The highest BCUT2D eigenvalue weighted by molar-refractivity contribution is 9.10. The summed E-state index contributed by atoms with van der Waals surface area (Å²) >= 11 is 4.93. The molecule has 0 radical (unpaired) electrons. The van der Waals surface area contributed by atoms with Gasteiger partial charge >= 0.3 is 0 Å². The van der Waals surface area contributed by atoms with Crippen LogP contribution >= 0.6 is 27.7 Å². The van der Waals surface area contributed by atoms with E-state index in [-0.39, 0.29) is 11.9 Å². The van der Waals surface area contributed by atoms with E-state index in [9.17, 15) is 4.39 Å². The Morgan fingerprint density at radius 2 is 2.29 bits per heavy atom. The number of rotatable bonds is 4. The second-order valence-corrected chi connectivity index (χ2v) is 4.84. The molecule has 78 valence electrons. The van der Waals surface area contributed by atoms with E-state index in [2.05, 4.69) is 15.9 Å². The molecular formula is C10H13BrFNS. The third-order valence-corrected chi connectivity index (χ3v) is 3.54. The van der Waals surface area contributed by atoms with Crippen molar-refractivity contribution in [3.8, 4) is 0 Å². The fraction of sp³-hybridized carbons (Fsp3) is 0.400. The number of thioether (sulfide) groups is 1. The standard InChI is InChI=1S/C10H13BrFNS/c1-14-6-8(13)5-7-3-2-4-9(12)10(7)11/h2-4,8H,5-6,13H2,1H3. The quantitative estimate of drug-likeness (QED) is 0.916. The van der Waals surface area contributed by atoms with E-state index < -0.39 is 0 Å². The first-order valence-corrected chi connectivity index (χ1v) is 6.51. The topological polar surface area (TPSA) is 26.0 Å². The molecule has 0 aliphatic heterocycles. The van der Waals surface area contributed by atoms with E-state index in [1.807, 2.05) is 12.3 Å². The van der Waals surface area contributed by atoms with Crippen LogP contribution in [0.4, 0.5) is 4.39 Å². The van der Waals surface area contributed by atoms with Crippen LogP contribution in [0.25, 0.3) is 0 Å². The average molecular weight is 278 g/mol. The lowest BCUT2D eigenvalue weighted by atomic mass is 10.1. The highest BCUT2D eigenvalue weighted by atomic mass is 79.9. The number of benzene rings is 1. The Balaban J connectivity index is 2.71. The van der Waals surface area contributed by atoms with Crippen molar-refractivity contribution in [1.29, 1.82) is 0 Å². The SMILES string of the molecule is CSCC(N)Cc1cccc(F)c1Br. The van der Waals surface area contributed by atoms with Crippen molar-refractivity contribution < 1.29 is 4.39 Å². The van der Waals surface area contributed by atoms with Gasteiger partial charge in [-0.25, -0.2) is 4.39 Å². The molecular weight excluding hydrogens is 265 g/mol. The molecule has 0 spiro atoms. The maximum absolute atomic E-state index is 13.1. The van der Waals surface area contributed by atoms with Crippen LogP contribution in [-0.4, -0.2) is 18.1 Å². The van der Waals surface area contributed by atoms with Gasteiger partial charge in [-0.15, -0.1) is 0 Å². The van der Waals surface area contributed by atoms with Crippen LogP contribution in [0.15, 0.2) is 22.7 Å². The van der Waals surface area contributed by atoms with Gasteiger partial charge in [-0.05, 0) is 40.2 Å². The van der Waals surface area contributed by atoms with Gasteiger partial charge in [-0.3, -0.25) is 0 Å². The largest absolute Gasteiger partial charge is 0.327 e. The Morgan fingerprint density at radius 3 is 2.93 bits per heavy atom. The molecule has 1 unspecified atom stereocenters. The maximum Gasteiger partial charge on any atom is 0.137 e. The summed E-state index contributed by atoms with van der Waals surface area (Å²) in [6.45, 7) is 0. The monoisotopic (exact) mass is 277 g/mol. The van der Waals surface area contributed by atoms with Crippen LogP contribution in [-0.2, 0) is 6.42 Å². The maximum atomic E-state index is 13.1. The Labute approximate surface area is 96.4 Å². The predicted octanol–water partition coefficient (Wildman–Crippen LogP) is 2.82. The van der Waals surface area contributed by atoms with Crippen molar-refractivity contribution >= 4 is 27.7 Å². The Kier molecular flexibility index (Phi) is 4.92. The predicted molar refractivity (Wildman–Crippen MR) is 64.2 cm³/mol. The molecule has 0 saturated carbocycles. The van der Waals surface area contributed by atoms with Gasteiger partial charge < -0.3 is 5.73 Å². The van der Waals surface area contributed by atoms with Crippen LogP contribution < -0.4 is 5.73 Å². The third kappa shape index (κ3) is 3.26. The fourth-order valence-electron chi connectivity index (χ4n) is 1.26. The van der Waals surface area contributed by atoms with Crippen molar-refractivity contribution in [2.75, 3.05) is 12.0 Å². The Bertz CT molecular complexity index is 306. The van der Waals surface area contributed by atoms with Gasteiger partial charge in [-0.2, -0.15) is 11.8 Å². The summed E-state index contributed by atoms with van der Waals surface area (Å²) < 4.78 is 13.7. The fourth-order valence-corrected chi connectivity index (χ4v) is 2.23. The normalized spacial score (nSPS) is 12.9. The molecule has 1 rings (SSSR count). The van der Waals surface area contributed by atoms with Crippen LogP contribution in [0.1, 0.15) is 5.56 Å². The molecule has 0 amide bonds. The molecule has 0 aliphatic rings. The summed E-state index contributed by atoms with van der Waals surface area (Å²) in [7, 11) is 0. The minimum absolute atomic E-state index is 0.0862. The first kappa shape index (κ1) is 12.0. The van der Waals surface area contributed by atoms with Crippen LogP contribution in [0.5, 0.6) is 0 Å². The van der Waals surface area contributed by atoms with E-state index >= 15 is 0 Å². The van der Waals surface area contributed by atoms with Crippen LogP contribution in [0.3, 0.4) is 0 Å². The first-order chi connectivity index (χ1) is 6.65. The minimum atomic E-state index is -0.223. The zero-order valence-electron chi connectivity index (χ0n) is 7.97. The summed E-state index contributed by atoms with van der Waals surface area (Å²) in [6.07, 6.45) is 2.72. The van der Waals surface area contributed by atoms with Crippen molar-refractivity contribution in [3.63, 3.8) is 0 Å². The number of hydrogen-bond donors (Lipinski definition) is 1. The molecule has 1 nitrogen and oxygen atoms in total. The molecule has 0 bridgehead atoms. The molecule has 14 heavy (non-hydrogen) atoms. The molecule has 1 aromatic rings. The summed E-state index contributed by atoms with van der Waals surface area (Å²) in [5.74, 6) is 0.669. The molecule has 0 fully saturated rings. The van der Waals surface area contributed by atoms with Gasteiger partial charge in [0.2, 0.25) is 0 Å². The van der Waals surface area contributed by atoms with Gasteiger partial charge in [0.15, 0.2) is 0 Å². The number of halogens is 2. The van der Waals surface area contributed by atoms with E-state index in [0.29, 0.717) is 10.9 Å². The molecule has 2 N–H and O–H groups in total. The Hall–Kier alpha value is -0.0600. The van der Waals surface area contributed by atoms with Crippen molar-refractivity contribution in [2.24, 2.45) is 5.73 Å². The molecule has 0 aromatic heterocycles. The van der Waals surface area contributed by atoms with Crippen molar-refractivity contribution in [1.82, 2.24) is 0 Å². The second-order valence-electron chi connectivity index (χ2n) is 3.13. The van der Waals surface area contributed by atoms with Crippen LogP contribution in [0, 0.1) is 5.82 Å². The smallest absolute Gasteiger partial charge is 0.137 e. The van der Waals surface area contributed by atoms with Crippen molar-refractivity contribution in [2.45, 2.75) is 12.5 Å². The zero-order valence-corrected chi connectivity index (χ0v) is 10.4. The molecule has 0 heterocycles. The zero-order chi connectivity index (χ0) is 10.6. The van der Waals surface area contributed by atoms with Gasteiger partial charge in [0.1, 0.15) is 5.82 Å². The molecule has 1 atom stereocenters. The van der Waals surface area contributed by atoms with E-state index in [4.69, 9.17) is 5.73 Å². The second kappa shape index (κ2) is 5.73. The van der Waals surface area contributed by atoms with E-state index in [1.54, 1.807) is 17.8 Å². The lowest BCUT2D eigenvalue weighted by Crippen LogP contribution is -2.25. The van der Waals surface area contributed by atoms with E-state index in [1.165, 1.54) is 6.07 Å². The van der Waals surface area contributed by atoms with E-state index in [0.717, 1.165) is 11.3 Å². The Morgan fingerprint density at radius 1 is 1.57 bits per heavy atom.